The molecular formula is C10H12BrN3. The molecule has 0 aromatic carbocycles. The minimum atomic E-state index is 0.906. The summed E-state index contributed by atoms with van der Waals surface area (Å²) in [6, 6.07) is 4.03. The second kappa shape index (κ2) is 3.71. The van der Waals surface area contributed by atoms with Crippen molar-refractivity contribution in [3.8, 4) is 0 Å². The van der Waals surface area contributed by atoms with Crippen LogP contribution >= 0.6 is 15.9 Å². The van der Waals surface area contributed by atoms with E-state index in [1.807, 2.05) is 24.5 Å². The van der Waals surface area contributed by atoms with E-state index in [0.29, 0.717) is 0 Å². The van der Waals surface area contributed by atoms with Gasteiger partial charge < -0.3 is 9.30 Å². The van der Waals surface area contributed by atoms with E-state index in [1.54, 1.807) is 0 Å². The zero-order valence-electron chi connectivity index (χ0n) is 8.24. The summed E-state index contributed by atoms with van der Waals surface area (Å²) in [5.41, 5.74) is 2.19. The van der Waals surface area contributed by atoms with E-state index in [4.69, 9.17) is 0 Å². The first-order chi connectivity index (χ1) is 6.66. The van der Waals surface area contributed by atoms with Gasteiger partial charge in [-0.05, 0) is 26.2 Å². The Balaban J connectivity index is 2.47. The molecule has 2 rings (SSSR count). The Hall–Kier alpha value is -0.870. The molecule has 0 unspecified atom stereocenters. The number of hydrogen-bond donors (Lipinski definition) is 0. The number of aromatic nitrogens is 2. The molecule has 2 aromatic rings. The van der Waals surface area contributed by atoms with Gasteiger partial charge in [0.05, 0.1) is 11.9 Å². The van der Waals surface area contributed by atoms with Crippen molar-refractivity contribution < 1.29 is 0 Å². The molecule has 4 heteroatoms. The van der Waals surface area contributed by atoms with Crippen LogP contribution in [-0.2, 0) is 6.54 Å². The third-order valence-electron chi connectivity index (χ3n) is 2.03. The third kappa shape index (κ3) is 1.81. The maximum absolute atomic E-state index is 4.34. The predicted molar refractivity (Wildman–Crippen MR) is 60.3 cm³/mol. The average Bonchev–Trinajstić information content (AvgIpc) is 2.47. The lowest BCUT2D eigenvalue weighted by Gasteiger charge is -2.08. The summed E-state index contributed by atoms with van der Waals surface area (Å²) in [6.07, 6.45) is 3.95. The van der Waals surface area contributed by atoms with Gasteiger partial charge in [0.2, 0.25) is 0 Å². The van der Waals surface area contributed by atoms with Crippen molar-refractivity contribution in [3.63, 3.8) is 0 Å². The number of pyridine rings is 1. The summed E-state index contributed by atoms with van der Waals surface area (Å²) in [4.78, 5) is 6.47. The molecule has 0 aliphatic carbocycles. The highest BCUT2D eigenvalue weighted by molar-refractivity contribution is 9.10. The number of rotatable bonds is 2. The topological polar surface area (TPSA) is 20.5 Å². The highest BCUT2D eigenvalue weighted by atomic mass is 79.9. The van der Waals surface area contributed by atoms with Crippen LogP contribution < -0.4 is 0 Å². The fourth-order valence-corrected chi connectivity index (χ4v) is 1.77. The normalized spacial score (nSPS) is 11.4. The maximum atomic E-state index is 4.34. The van der Waals surface area contributed by atoms with E-state index < -0.39 is 0 Å². The first-order valence-electron chi connectivity index (χ1n) is 4.43. The largest absolute Gasteiger partial charge is 0.304 e. The van der Waals surface area contributed by atoms with Crippen LogP contribution in [0.3, 0.4) is 0 Å². The first kappa shape index (κ1) is 9.68. The van der Waals surface area contributed by atoms with E-state index in [9.17, 15) is 0 Å². The number of halogens is 1. The molecule has 3 nitrogen and oxygen atoms in total. The van der Waals surface area contributed by atoms with Gasteiger partial charge in [-0.15, -0.1) is 0 Å². The van der Waals surface area contributed by atoms with Gasteiger partial charge in [-0.3, -0.25) is 0 Å². The second-order valence-electron chi connectivity index (χ2n) is 3.56. The van der Waals surface area contributed by atoms with E-state index in [-0.39, 0.29) is 0 Å². The van der Waals surface area contributed by atoms with Crippen LogP contribution in [0, 0.1) is 0 Å². The predicted octanol–water partition coefficient (Wildman–Crippen LogP) is 2.16. The Morgan fingerprint density at radius 3 is 3.00 bits per heavy atom. The van der Waals surface area contributed by atoms with Crippen LogP contribution in [0.15, 0.2) is 29.0 Å². The van der Waals surface area contributed by atoms with Gasteiger partial charge in [0.15, 0.2) is 0 Å². The Bertz CT molecular complexity index is 448. The lowest BCUT2D eigenvalue weighted by Crippen LogP contribution is -2.12. The molecule has 0 atom stereocenters. The van der Waals surface area contributed by atoms with Crippen molar-refractivity contribution in [1.82, 2.24) is 14.3 Å². The minimum Gasteiger partial charge on any atom is -0.304 e. The fraction of sp³-hybridized carbons (Fsp3) is 0.300. The molecule has 0 bridgehead atoms. The molecule has 0 aliphatic heterocycles. The molecular weight excluding hydrogens is 242 g/mol. The fourth-order valence-electron chi connectivity index (χ4n) is 1.45. The van der Waals surface area contributed by atoms with Gasteiger partial charge in [-0.1, -0.05) is 15.9 Å². The molecule has 2 heterocycles. The Labute approximate surface area is 91.5 Å². The lowest BCUT2D eigenvalue weighted by molar-refractivity contribution is 0.395. The van der Waals surface area contributed by atoms with Gasteiger partial charge >= 0.3 is 0 Å². The average molecular weight is 254 g/mol. The number of imidazole rings is 1. The first-order valence-corrected chi connectivity index (χ1v) is 5.22. The summed E-state index contributed by atoms with van der Waals surface area (Å²) in [5, 5.41) is 0. The van der Waals surface area contributed by atoms with E-state index in [2.05, 4.69) is 44.3 Å². The molecule has 0 saturated carbocycles. The molecule has 14 heavy (non-hydrogen) atoms. The molecule has 0 fully saturated rings. The van der Waals surface area contributed by atoms with E-state index >= 15 is 0 Å². The van der Waals surface area contributed by atoms with Gasteiger partial charge in [-0.25, -0.2) is 4.98 Å². The smallest absolute Gasteiger partial charge is 0.138 e. The van der Waals surface area contributed by atoms with E-state index in [0.717, 1.165) is 16.7 Å². The van der Waals surface area contributed by atoms with Crippen LogP contribution in [0.2, 0.25) is 0 Å². The van der Waals surface area contributed by atoms with Gasteiger partial charge in [0, 0.05) is 17.2 Å². The zero-order valence-corrected chi connectivity index (χ0v) is 9.82. The molecule has 0 radical (unpaired) electrons. The van der Waals surface area contributed by atoms with Crippen molar-refractivity contribution in [2.24, 2.45) is 0 Å². The third-order valence-corrected chi connectivity index (χ3v) is 2.52. The molecule has 0 spiro atoms. The number of nitrogens with zero attached hydrogens (tertiary/aromatic N) is 3. The zero-order chi connectivity index (χ0) is 10.1. The number of fused-ring (bicyclic) bond motifs is 1. The number of hydrogen-bond acceptors (Lipinski definition) is 2. The maximum Gasteiger partial charge on any atom is 0.138 e. The van der Waals surface area contributed by atoms with Crippen molar-refractivity contribution in [3.05, 3.63) is 34.7 Å². The standard InChI is InChI=1S/C10H12BrN3/c1-13(2)7-9-6-12-10-5-8(11)3-4-14(9)10/h3-6H,7H2,1-2H3. The lowest BCUT2D eigenvalue weighted by atomic mass is 10.4. The van der Waals surface area contributed by atoms with Crippen LogP contribution in [0.25, 0.3) is 5.65 Å². The minimum absolute atomic E-state index is 0.906. The summed E-state index contributed by atoms with van der Waals surface area (Å²) in [6.45, 7) is 0.906. The summed E-state index contributed by atoms with van der Waals surface area (Å²) in [5.74, 6) is 0. The van der Waals surface area contributed by atoms with Gasteiger partial charge in [0.1, 0.15) is 5.65 Å². The summed E-state index contributed by atoms with van der Waals surface area (Å²) >= 11 is 3.43. The summed E-state index contributed by atoms with van der Waals surface area (Å²) < 4.78 is 3.16. The van der Waals surface area contributed by atoms with Crippen molar-refractivity contribution in [2.75, 3.05) is 14.1 Å². The Kier molecular flexibility index (Phi) is 2.56. The molecule has 0 aliphatic rings. The molecule has 0 N–H and O–H groups in total. The summed E-state index contributed by atoms with van der Waals surface area (Å²) in [7, 11) is 4.11. The monoisotopic (exact) mass is 253 g/mol. The second-order valence-corrected chi connectivity index (χ2v) is 4.48. The van der Waals surface area contributed by atoms with Gasteiger partial charge in [0.25, 0.3) is 0 Å². The molecule has 2 aromatic heterocycles. The SMILES string of the molecule is CN(C)Cc1cnc2cc(Br)ccn12. The quantitative estimate of drug-likeness (QED) is 0.818. The van der Waals surface area contributed by atoms with Gasteiger partial charge in [-0.2, -0.15) is 0 Å². The Morgan fingerprint density at radius 2 is 2.29 bits per heavy atom. The molecule has 0 saturated heterocycles. The van der Waals surface area contributed by atoms with Crippen molar-refractivity contribution >= 4 is 21.6 Å². The highest BCUT2D eigenvalue weighted by Gasteiger charge is 2.03. The highest BCUT2D eigenvalue weighted by Crippen LogP contribution is 2.14. The van der Waals surface area contributed by atoms with Crippen molar-refractivity contribution in [1.29, 1.82) is 0 Å². The van der Waals surface area contributed by atoms with Crippen LogP contribution in [-0.4, -0.2) is 28.4 Å². The van der Waals surface area contributed by atoms with Crippen LogP contribution in [0.5, 0.6) is 0 Å². The molecule has 74 valence electrons. The molecule has 0 amide bonds. The van der Waals surface area contributed by atoms with Crippen molar-refractivity contribution in [2.45, 2.75) is 6.54 Å². The van der Waals surface area contributed by atoms with E-state index in [1.165, 1.54) is 5.69 Å². The van der Waals surface area contributed by atoms with Crippen LogP contribution in [0.1, 0.15) is 5.69 Å². The van der Waals surface area contributed by atoms with Crippen LogP contribution in [0.4, 0.5) is 0 Å². The Morgan fingerprint density at radius 1 is 1.50 bits per heavy atom.